The second-order valence-electron chi connectivity index (χ2n) is 6.86. The second-order valence-corrected chi connectivity index (χ2v) is 7.27. The lowest BCUT2D eigenvalue weighted by atomic mass is 9.95. The van der Waals surface area contributed by atoms with Crippen molar-refractivity contribution >= 4 is 11.6 Å². The van der Waals surface area contributed by atoms with Gasteiger partial charge in [-0.05, 0) is 57.7 Å². The Bertz CT molecular complexity index is 497. The summed E-state index contributed by atoms with van der Waals surface area (Å²) < 4.78 is 14.1. The number of benzene rings is 1. The van der Waals surface area contributed by atoms with Crippen LogP contribution < -0.4 is 5.32 Å². The van der Waals surface area contributed by atoms with Gasteiger partial charge in [0.1, 0.15) is 5.82 Å². The Balaban J connectivity index is 1.81. The van der Waals surface area contributed by atoms with Gasteiger partial charge < -0.3 is 5.32 Å². The average molecular weight is 311 g/mol. The van der Waals surface area contributed by atoms with Gasteiger partial charge in [-0.15, -0.1) is 0 Å². The molecule has 1 aromatic carbocycles. The Labute approximate surface area is 131 Å². The summed E-state index contributed by atoms with van der Waals surface area (Å²) in [5, 5.41) is 4.26. The molecule has 1 aliphatic carbocycles. The fourth-order valence-corrected chi connectivity index (χ4v) is 3.70. The van der Waals surface area contributed by atoms with Crippen LogP contribution in [0.15, 0.2) is 18.2 Å². The van der Waals surface area contributed by atoms with E-state index < -0.39 is 0 Å². The first-order valence-electron chi connectivity index (χ1n) is 7.91. The smallest absolute Gasteiger partial charge is 0.129 e. The molecule has 0 bridgehead atoms. The van der Waals surface area contributed by atoms with E-state index in [0.29, 0.717) is 23.2 Å². The number of hydrogen-bond acceptors (Lipinski definition) is 2. The van der Waals surface area contributed by atoms with Gasteiger partial charge in [-0.2, -0.15) is 0 Å². The number of nitrogens with zero attached hydrogens (tertiary/aromatic N) is 1. The SMILES string of the molecule is CC1CCNC(C)(C2CC2)CN1Cc1c(F)cccc1Cl. The Hall–Kier alpha value is -0.640. The van der Waals surface area contributed by atoms with Crippen LogP contribution in [0, 0.1) is 11.7 Å². The van der Waals surface area contributed by atoms with E-state index in [1.165, 1.54) is 18.9 Å². The van der Waals surface area contributed by atoms with Crippen molar-refractivity contribution in [3.63, 3.8) is 0 Å². The molecule has 1 saturated carbocycles. The topological polar surface area (TPSA) is 15.3 Å². The van der Waals surface area contributed by atoms with E-state index in [1.807, 2.05) is 0 Å². The van der Waals surface area contributed by atoms with Gasteiger partial charge in [-0.25, -0.2) is 4.39 Å². The van der Waals surface area contributed by atoms with Gasteiger partial charge in [0.2, 0.25) is 0 Å². The first-order valence-corrected chi connectivity index (χ1v) is 8.29. The zero-order chi connectivity index (χ0) is 15.0. The molecule has 2 aliphatic rings. The first-order chi connectivity index (χ1) is 9.99. The van der Waals surface area contributed by atoms with E-state index in [2.05, 4.69) is 24.1 Å². The lowest BCUT2D eigenvalue weighted by molar-refractivity contribution is 0.153. The molecule has 0 aromatic heterocycles. The molecule has 2 atom stereocenters. The third kappa shape index (κ3) is 3.25. The van der Waals surface area contributed by atoms with Gasteiger partial charge in [-0.1, -0.05) is 17.7 Å². The second kappa shape index (κ2) is 5.86. The van der Waals surface area contributed by atoms with E-state index >= 15 is 0 Å². The lowest BCUT2D eigenvalue weighted by Crippen LogP contribution is -2.51. The minimum absolute atomic E-state index is 0.155. The summed E-state index contributed by atoms with van der Waals surface area (Å²) in [5.74, 6) is 0.571. The fraction of sp³-hybridized carbons (Fsp3) is 0.647. The summed E-state index contributed by atoms with van der Waals surface area (Å²) in [6.45, 7) is 7.14. The van der Waals surface area contributed by atoms with Crippen LogP contribution in [0.2, 0.25) is 5.02 Å². The third-order valence-electron chi connectivity index (χ3n) is 5.15. The molecule has 2 unspecified atom stereocenters. The number of nitrogens with one attached hydrogen (secondary N) is 1. The Kier molecular flexibility index (Phi) is 4.26. The van der Waals surface area contributed by atoms with Gasteiger partial charge in [0.05, 0.1) is 0 Å². The molecule has 2 fully saturated rings. The summed E-state index contributed by atoms with van der Waals surface area (Å²) in [6.07, 6.45) is 3.72. The van der Waals surface area contributed by atoms with Gasteiger partial charge in [0, 0.05) is 35.3 Å². The summed E-state index contributed by atoms with van der Waals surface area (Å²) in [5.41, 5.74) is 0.786. The van der Waals surface area contributed by atoms with E-state index in [1.54, 1.807) is 12.1 Å². The van der Waals surface area contributed by atoms with Crippen molar-refractivity contribution in [1.29, 1.82) is 0 Å². The normalized spacial score (nSPS) is 31.1. The minimum Gasteiger partial charge on any atom is -0.310 e. The van der Waals surface area contributed by atoms with E-state index in [4.69, 9.17) is 11.6 Å². The molecule has 0 amide bonds. The van der Waals surface area contributed by atoms with Crippen molar-refractivity contribution in [2.45, 2.75) is 51.2 Å². The van der Waals surface area contributed by atoms with Crippen LogP contribution in [0.4, 0.5) is 4.39 Å². The quantitative estimate of drug-likeness (QED) is 0.912. The van der Waals surface area contributed by atoms with Gasteiger partial charge in [0.15, 0.2) is 0 Å². The largest absolute Gasteiger partial charge is 0.310 e. The summed E-state index contributed by atoms with van der Waals surface area (Å²) in [6, 6.07) is 5.39. The van der Waals surface area contributed by atoms with Crippen molar-refractivity contribution in [2.24, 2.45) is 5.92 Å². The highest BCUT2D eigenvalue weighted by atomic mass is 35.5. The standard InChI is InChI=1S/C17H24ClFN2/c1-12-8-9-20-17(2,13-6-7-13)11-21(12)10-14-15(18)4-3-5-16(14)19/h3-5,12-13,20H,6-11H2,1-2H3. The van der Waals surface area contributed by atoms with Crippen LogP contribution in [0.25, 0.3) is 0 Å². The maximum atomic E-state index is 14.1. The van der Waals surface area contributed by atoms with E-state index in [-0.39, 0.29) is 11.4 Å². The molecule has 0 radical (unpaired) electrons. The minimum atomic E-state index is -0.194. The van der Waals surface area contributed by atoms with Crippen molar-refractivity contribution in [2.75, 3.05) is 13.1 Å². The zero-order valence-electron chi connectivity index (χ0n) is 12.8. The predicted octanol–water partition coefficient (Wildman–Crippen LogP) is 3.83. The molecule has 1 saturated heterocycles. The maximum Gasteiger partial charge on any atom is 0.129 e. The highest BCUT2D eigenvalue weighted by Crippen LogP contribution is 2.41. The molecule has 1 aromatic rings. The predicted molar refractivity (Wildman–Crippen MR) is 85.0 cm³/mol. The third-order valence-corrected chi connectivity index (χ3v) is 5.50. The monoisotopic (exact) mass is 310 g/mol. The number of hydrogen-bond donors (Lipinski definition) is 1. The van der Waals surface area contributed by atoms with Crippen LogP contribution in [-0.4, -0.2) is 29.6 Å². The molecule has 1 aliphatic heterocycles. The van der Waals surface area contributed by atoms with Gasteiger partial charge >= 0.3 is 0 Å². The van der Waals surface area contributed by atoms with Crippen LogP contribution >= 0.6 is 11.6 Å². The molecule has 1 N–H and O–H groups in total. The molecular formula is C17H24ClFN2. The molecule has 4 heteroatoms. The Morgan fingerprint density at radius 2 is 2.14 bits per heavy atom. The number of rotatable bonds is 3. The van der Waals surface area contributed by atoms with Crippen LogP contribution in [0.5, 0.6) is 0 Å². The molecular weight excluding hydrogens is 287 g/mol. The van der Waals surface area contributed by atoms with Crippen molar-refractivity contribution in [3.05, 3.63) is 34.6 Å². The van der Waals surface area contributed by atoms with Gasteiger partial charge in [0.25, 0.3) is 0 Å². The van der Waals surface area contributed by atoms with Crippen LogP contribution in [0.3, 0.4) is 0 Å². The molecule has 21 heavy (non-hydrogen) atoms. The van der Waals surface area contributed by atoms with Crippen LogP contribution in [0.1, 0.15) is 38.7 Å². The first kappa shape index (κ1) is 15.3. The van der Waals surface area contributed by atoms with E-state index in [9.17, 15) is 4.39 Å². The summed E-state index contributed by atoms with van der Waals surface area (Å²) >= 11 is 6.20. The molecule has 116 valence electrons. The Morgan fingerprint density at radius 3 is 2.81 bits per heavy atom. The summed E-state index contributed by atoms with van der Waals surface area (Å²) in [4.78, 5) is 2.39. The summed E-state index contributed by atoms with van der Waals surface area (Å²) in [7, 11) is 0. The highest BCUT2D eigenvalue weighted by Gasteiger charge is 2.44. The molecule has 1 heterocycles. The van der Waals surface area contributed by atoms with Gasteiger partial charge in [-0.3, -0.25) is 4.90 Å². The maximum absolute atomic E-state index is 14.1. The average Bonchev–Trinajstić information content (AvgIpc) is 3.25. The number of halogens is 2. The highest BCUT2D eigenvalue weighted by molar-refractivity contribution is 6.31. The molecule has 0 spiro atoms. The van der Waals surface area contributed by atoms with Crippen molar-refractivity contribution in [1.82, 2.24) is 10.2 Å². The lowest BCUT2D eigenvalue weighted by Gasteiger charge is -2.36. The van der Waals surface area contributed by atoms with Crippen LogP contribution in [-0.2, 0) is 6.54 Å². The zero-order valence-corrected chi connectivity index (χ0v) is 13.6. The fourth-order valence-electron chi connectivity index (χ4n) is 3.47. The molecule has 2 nitrogen and oxygen atoms in total. The Morgan fingerprint density at radius 1 is 1.38 bits per heavy atom. The van der Waals surface area contributed by atoms with Crippen molar-refractivity contribution in [3.8, 4) is 0 Å². The van der Waals surface area contributed by atoms with Crippen molar-refractivity contribution < 1.29 is 4.39 Å². The van der Waals surface area contributed by atoms with E-state index in [0.717, 1.165) is 25.4 Å². The molecule has 3 rings (SSSR count).